The molecule has 2 rings (SSSR count). The van der Waals surface area contributed by atoms with Crippen molar-refractivity contribution in [1.82, 2.24) is 15.1 Å². The summed E-state index contributed by atoms with van der Waals surface area (Å²) in [6.45, 7) is 7.39. The van der Waals surface area contributed by atoms with Crippen LogP contribution < -0.4 is 5.32 Å². The van der Waals surface area contributed by atoms with E-state index in [1.807, 2.05) is 18.2 Å². The van der Waals surface area contributed by atoms with Crippen LogP contribution >= 0.6 is 0 Å². The Morgan fingerprint density at radius 3 is 2.52 bits per heavy atom. The van der Waals surface area contributed by atoms with Crippen molar-refractivity contribution in [3.63, 3.8) is 0 Å². The molecule has 0 saturated heterocycles. The number of unbranched alkanes of at least 4 members (excludes halogenated alkanes) is 2. The Bertz CT molecular complexity index is 583. The molecule has 0 aliphatic heterocycles. The van der Waals surface area contributed by atoms with Crippen molar-refractivity contribution in [3.05, 3.63) is 42.0 Å². The summed E-state index contributed by atoms with van der Waals surface area (Å²) in [7, 11) is 2.17. The smallest absolute Gasteiger partial charge is 0.151 e. The van der Waals surface area contributed by atoms with E-state index in [2.05, 4.69) is 59.5 Å². The van der Waals surface area contributed by atoms with Crippen molar-refractivity contribution < 1.29 is 0 Å². The zero-order valence-electron chi connectivity index (χ0n) is 14.5. The largest absolute Gasteiger partial charge is 0.367 e. The normalized spacial score (nSPS) is 11.0. The summed E-state index contributed by atoms with van der Waals surface area (Å²) in [5, 5.41) is 12.1. The molecule has 1 N–H and O–H groups in total. The third kappa shape index (κ3) is 5.64. The molecule has 0 bridgehead atoms. The van der Waals surface area contributed by atoms with Crippen LogP contribution in [0.15, 0.2) is 36.4 Å². The fourth-order valence-corrected chi connectivity index (χ4v) is 2.52. The van der Waals surface area contributed by atoms with Gasteiger partial charge in [0.05, 0.1) is 5.69 Å². The number of aromatic nitrogens is 2. The molecular formula is C19H28N4. The predicted molar refractivity (Wildman–Crippen MR) is 97.7 cm³/mol. The summed E-state index contributed by atoms with van der Waals surface area (Å²) in [6.07, 6.45) is 3.86. The Morgan fingerprint density at radius 2 is 1.83 bits per heavy atom. The lowest BCUT2D eigenvalue weighted by molar-refractivity contribution is 0.337. The van der Waals surface area contributed by atoms with Gasteiger partial charge < -0.3 is 10.2 Å². The van der Waals surface area contributed by atoms with Crippen LogP contribution in [0.1, 0.15) is 31.7 Å². The molecule has 23 heavy (non-hydrogen) atoms. The number of hydrogen-bond acceptors (Lipinski definition) is 4. The lowest BCUT2D eigenvalue weighted by Crippen LogP contribution is -2.26. The van der Waals surface area contributed by atoms with Gasteiger partial charge in [-0.05, 0) is 38.6 Å². The molecule has 0 unspecified atom stereocenters. The zero-order chi connectivity index (χ0) is 16.5. The molecule has 1 heterocycles. The minimum absolute atomic E-state index is 0.881. The number of aryl methyl sites for hydroxylation is 1. The van der Waals surface area contributed by atoms with Crippen LogP contribution in [0.2, 0.25) is 0 Å². The van der Waals surface area contributed by atoms with Crippen molar-refractivity contribution in [2.75, 3.05) is 32.0 Å². The highest BCUT2D eigenvalue weighted by Crippen LogP contribution is 2.19. The third-order valence-corrected chi connectivity index (χ3v) is 3.98. The van der Waals surface area contributed by atoms with Gasteiger partial charge in [0, 0.05) is 18.7 Å². The highest BCUT2D eigenvalue weighted by Gasteiger charge is 2.05. The standard InChI is InChI=1S/C19H28N4/c1-4-5-9-13-23(3)14-12-20-19-16(2)15-18(21-22-19)17-10-7-6-8-11-17/h6-8,10-11,15H,4-5,9,12-14H2,1-3H3,(H,20,22). The number of nitrogens with zero attached hydrogens (tertiary/aromatic N) is 3. The van der Waals surface area contributed by atoms with Crippen LogP contribution in [0.25, 0.3) is 11.3 Å². The molecule has 0 aliphatic carbocycles. The van der Waals surface area contributed by atoms with E-state index in [4.69, 9.17) is 0 Å². The maximum Gasteiger partial charge on any atom is 0.151 e. The Labute approximate surface area is 139 Å². The molecule has 0 amide bonds. The highest BCUT2D eigenvalue weighted by molar-refractivity contribution is 5.61. The van der Waals surface area contributed by atoms with Gasteiger partial charge in [0.25, 0.3) is 0 Å². The average Bonchev–Trinajstić information content (AvgIpc) is 2.57. The lowest BCUT2D eigenvalue weighted by atomic mass is 10.1. The number of hydrogen-bond donors (Lipinski definition) is 1. The molecule has 4 nitrogen and oxygen atoms in total. The second-order valence-corrected chi connectivity index (χ2v) is 6.06. The summed E-state index contributed by atoms with van der Waals surface area (Å²) in [5.41, 5.74) is 3.16. The van der Waals surface area contributed by atoms with Crippen LogP contribution in [0.4, 0.5) is 5.82 Å². The molecule has 2 aromatic rings. The van der Waals surface area contributed by atoms with E-state index in [1.165, 1.54) is 19.3 Å². The second kappa shape index (κ2) is 9.26. The van der Waals surface area contributed by atoms with Gasteiger partial charge in [0.15, 0.2) is 5.82 Å². The van der Waals surface area contributed by atoms with E-state index in [0.717, 1.165) is 42.3 Å². The van der Waals surface area contributed by atoms with E-state index in [0.29, 0.717) is 0 Å². The minimum atomic E-state index is 0.881. The van der Waals surface area contributed by atoms with Crippen LogP contribution in [0, 0.1) is 6.92 Å². The minimum Gasteiger partial charge on any atom is -0.367 e. The quantitative estimate of drug-likeness (QED) is 0.711. The van der Waals surface area contributed by atoms with Crippen LogP contribution in [-0.2, 0) is 0 Å². The molecule has 0 atom stereocenters. The van der Waals surface area contributed by atoms with Gasteiger partial charge in [0.2, 0.25) is 0 Å². The van der Waals surface area contributed by atoms with Crippen molar-refractivity contribution in [2.24, 2.45) is 0 Å². The fraction of sp³-hybridized carbons (Fsp3) is 0.474. The van der Waals surface area contributed by atoms with Crippen molar-refractivity contribution in [1.29, 1.82) is 0 Å². The molecule has 0 fully saturated rings. The first-order valence-electron chi connectivity index (χ1n) is 8.53. The highest BCUT2D eigenvalue weighted by atomic mass is 15.2. The van der Waals surface area contributed by atoms with Gasteiger partial charge in [-0.25, -0.2) is 0 Å². The van der Waals surface area contributed by atoms with E-state index in [-0.39, 0.29) is 0 Å². The van der Waals surface area contributed by atoms with Gasteiger partial charge in [-0.15, -0.1) is 10.2 Å². The predicted octanol–water partition coefficient (Wildman–Crippen LogP) is 3.99. The SMILES string of the molecule is CCCCCN(C)CCNc1nnc(-c2ccccc2)cc1C. The van der Waals surface area contributed by atoms with Gasteiger partial charge in [-0.1, -0.05) is 50.1 Å². The van der Waals surface area contributed by atoms with Gasteiger partial charge >= 0.3 is 0 Å². The molecule has 1 aromatic carbocycles. The van der Waals surface area contributed by atoms with Crippen molar-refractivity contribution in [3.8, 4) is 11.3 Å². The Kier molecular flexibility index (Phi) is 7.01. The molecular weight excluding hydrogens is 284 g/mol. The monoisotopic (exact) mass is 312 g/mol. The first-order chi connectivity index (χ1) is 11.2. The summed E-state index contributed by atoms with van der Waals surface area (Å²) in [4.78, 5) is 2.36. The molecule has 0 saturated carbocycles. The van der Waals surface area contributed by atoms with Crippen LogP contribution in [0.5, 0.6) is 0 Å². The van der Waals surface area contributed by atoms with Gasteiger partial charge in [0.1, 0.15) is 0 Å². The van der Waals surface area contributed by atoms with Gasteiger partial charge in [-0.3, -0.25) is 0 Å². The molecule has 0 spiro atoms. The fourth-order valence-electron chi connectivity index (χ4n) is 2.52. The molecule has 4 heteroatoms. The lowest BCUT2D eigenvalue weighted by Gasteiger charge is -2.17. The average molecular weight is 312 g/mol. The number of anilines is 1. The zero-order valence-corrected chi connectivity index (χ0v) is 14.5. The summed E-state index contributed by atoms with van der Waals surface area (Å²) in [5.74, 6) is 0.881. The number of rotatable bonds is 9. The van der Waals surface area contributed by atoms with E-state index < -0.39 is 0 Å². The number of benzene rings is 1. The van der Waals surface area contributed by atoms with E-state index in [9.17, 15) is 0 Å². The summed E-state index contributed by atoms with van der Waals surface area (Å²) in [6, 6.07) is 12.3. The molecule has 1 aromatic heterocycles. The Hall–Kier alpha value is -1.94. The Balaban J connectivity index is 1.84. The van der Waals surface area contributed by atoms with Gasteiger partial charge in [-0.2, -0.15) is 0 Å². The second-order valence-electron chi connectivity index (χ2n) is 6.06. The van der Waals surface area contributed by atoms with Crippen molar-refractivity contribution in [2.45, 2.75) is 33.1 Å². The molecule has 0 radical (unpaired) electrons. The number of likely N-dealkylation sites (N-methyl/N-ethyl adjacent to an activating group) is 1. The van der Waals surface area contributed by atoms with E-state index in [1.54, 1.807) is 0 Å². The van der Waals surface area contributed by atoms with E-state index >= 15 is 0 Å². The first kappa shape index (κ1) is 17.4. The van der Waals surface area contributed by atoms with Crippen LogP contribution in [0.3, 0.4) is 0 Å². The molecule has 124 valence electrons. The number of nitrogens with one attached hydrogen (secondary N) is 1. The van der Waals surface area contributed by atoms with Crippen LogP contribution in [-0.4, -0.2) is 41.8 Å². The Morgan fingerprint density at radius 1 is 1.04 bits per heavy atom. The molecule has 0 aliphatic rings. The third-order valence-electron chi connectivity index (χ3n) is 3.98. The summed E-state index contributed by atoms with van der Waals surface area (Å²) < 4.78 is 0. The topological polar surface area (TPSA) is 41.0 Å². The summed E-state index contributed by atoms with van der Waals surface area (Å²) >= 11 is 0. The maximum atomic E-state index is 4.35. The first-order valence-corrected chi connectivity index (χ1v) is 8.53. The maximum absolute atomic E-state index is 4.35. The van der Waals surface area contributed by atoms with Crippen molar-refractivity contribution >= 4 is 5.82 Å².